The van der Waals surface area contributed by atoms with Crippen LogP contribution in [0.15, 0.2) is 36.4 Å². The van der Waals surface area contributed by atoms with E-state index < -0.39 is 5.79 Å². The molecule has 3 aliphatic rings. The number of hydrogen-bond acceptors (Lipinski definition) is 7. The van der Waals surface area contributed by atoms with Crippen molar-refractivity contribution in [1.82, 2.24) is 4.90 Å². The van der Waals surface area contributed by atoms with E-state index in [0.29, 0.717) is 31.6 Å². The zero-order valence-corrected chi connectivity index (χ0v) is 22.3. The predicted octanol–water partition coefficient (Wildman–Crippen LogP) is 5.86. The normalized spacial score (nSPS) is 31.3. The van der Waals surface area contributed by atoms with E-state index >= 15 is 0 Å². The summed E-state index contributed by atoms with van der Waals surface area (Å²) in [6.45, 7) is 0.453. The largest absolute Gasteiger partial charge is 0.497 e. The summed E-state index contributed by atoms with van der Waals surface area (Å²) >= 11 is 1.29. The van der Waals surface area contributed by atoms with Crippen molar-refractivity contribution in [2.24, 2.45) is 0 Å². The first kappa shape index (κ1) is 27.0. The average Bonchev–Trinajstić information content (AvgIpc) is 3.25. The van der Waals surface area contributed by atoms with Gasteiger partial charge >= 0.3 is 5.97 Å². The number of carbonyl (C=O) groups excluding carboxylic acids is 2. The number of esters is 1. The lowest BCUT2D eigenvalue weighted by molar-refractivity contribution is -0.306. The first-order valence-corrected chi connectivity index (χ1v) is 14.2. The van der Waals surface area contributed by atoms with Crippen LogP contribution < -0.4 is 4.74 Å². The SMILES string of the molecule is COc1ccc(CN2C(=O)SC[C@H]2[C@@]2(OC)C[C@H]3C[C@@H](CCC/C=C/CCCCCC(=O)O3)O2)cc1. The Morgan fingerprint density at radius 2 is 1.81 bits per heavy atom. The van der Waals surface area contributed by atoms with Crippen LogP contribution in [-0.4, -0.2) is 60.1 Å². The average molecular weight is 518 g/mol. The Labute approximate surface area is 218 Å². The van der Waals surface area contributed by atoms with E-state index in [1.54, 1.807) is 14.2 Å². The molecule has 36 heavy (non-hydrogen) atoms. The number of nitrogens with zero attached hydrogens (tertiary/aromatic N) is 1. The Morgan fingerprint density at radius 3 is 2.56 bits per heavy atom. The van der Waals surface area contributed by atoms with Crippen LogP contribution in [0.25, 0.3) is 0 Å². The van der Waals surface area contributed by atoms with Crippen LogP contribution in [0.2, 0.25) is 0 Å². The monoisotopic (exact) mass is 517 g/mol. The van der Waals surface area contributed by atoms with Gasteiger partial charge in [-0.25, -0.2) is 0 Å². The van der Waals surface area contributed by atoms with Crippen molar-refractivity contribution < 1.29 is 28.5 Å². The van der Waals surface area contributed by atoms with Crippen molar-refractivity contribution in [3.05, 3.63) is 42.0 Å². The Hall–Kier alpha value is -2.03. The molecule has 0 unspecified atom stereocenters. The summed E-state index contributed by atoms with van der Waals surface area (Å²) < 4.78 is 24.1. The van der Waals surface area contributed by atoms with Gasteiger partial charge in [-0.05, 0) is 56.2 Å². The molecule has 1 amide bonds. The lowest BCUT2D eigenvalue weighted by atomic mass is 9.90. The van der Waals surface area contributed by atoms with Gasteiger partial charge in [0, 0.05) is 38.7 Å². The van der Waals surface area contributed by atoms with E-state index in [4.69, 9.17) is 18.9 Å². The highest BCUT2D eigenvalue weighted by Gasteiger charge is 2.54. The van der Waals surface area contributed by atoms with Crippen molar-refractivity contribution in [2.45, 2.75) is 94.8 Å². The molecule has 0 aromatic heterocycles. The Morgan fingerprint density at radius 1 is 1.03 bits per heavy atom. The number of allylic oxidation sites excluding steroid dienone is 2. The molecule has 3 heterocycles. The molecule has 2 bridgehead atoms. The summed E-state index contributed by atoms with van der Waals surface area (Å²) in [5.74, 6) is 0.171. The molecule has 2 fully saturated rings. The van der Waals surface area contributed by atoms with Crippen LogP contribution in [0.4, 0.5) is 4.79 Å². The minimum absolute atomic E-state index is 0.00930. The van der Waals surface area contributed by atoms with E-state index in [1.165, 1.54) is 11.8 Å². The van der Waals surface area contributed by atoms with E-state index in [0.717, 1.165) is 56.3 Å². The zero-order valence-electron chi connectivity index (χ0n) is 21.5. The van der Waals surface area contributed by atoms with Gasteiger partial charge < -0.3 is 23.8 Å². The maximum atomic E-state index is 13.0. The Balaban J connectivity index is 1.54. The number of fused-ring (bicyclic) bond motifs is 2. The van der Waals surface area contributed by atoms with Gasteiger partial charge in [-0.15, -0.1) is 0 Å². The third kappa shape index (κ3) is 6.84. The molecule has 7 nitrogen and oxygen atoms in total. The molecule has 1 aromatic rings. The fraction of sp³-hybridized carbons (Fsp3) is 0.643. The summed E-state index contributed by atoms with van der Waals surface area (Å²) in [5.41, 5.74) is 1.01. The van der Waals surface area contributed by atoms with Crippen LogP contribution in [0.5, 0.6) is 5.75 Å². The predicted molar refractivity (Wildman–Crippen MR) is 140 cm³/mol. The number of methoxy groups -OCH3 is 2. The molecule has 4 rings (SSSR count). The standard InChI is InChI=1S/C28H39NO6S/c1-32-22-15-13-21(14-16-22)19-29-25(20-36-27(29)31)28(33-2)18-24-17-23(35-28)11-9-7-5-3-4-6-8-10-12-26(30)34-24/h3,5,13-16,23-25H,4,6-12,17-20H2,1-2H3/b5-3+/t23-,24-,25+,28-/m1/s1. The van der Waals surface area contributed by atoms with Gasteiger partial charge in [-0.3, -0.25) is 9.59 Å². The van der Waals surface area contributed by atoms with Gasteiger partial charge in [0.15, 0.2) is 5.79 Å². The number of thioether (sulfide) groups is 1. The molecule has 0 aliphatic carbocycles. The van der Waals surface area contributed by atoms with E-state index in [-0.39, 0.29) is 29.5 Å². The molecule has 2 saturated heterocycles. The van der Waals surface area contributed by atoms with Crippen LogP contribution in [0.3, 0.4) is 0 Å². The number of carbonyl (C=O) groups is 2. The van der Waals surface area contributed by atoms with Crippen LogP contribution in [-0.2, 0) is 25.5 Å². The molecule has 1 aromatic carbocycles. The molecule has 0 spiro atoms. The van der Waals surface area contributed by atoms with E-state index in [1.807, 2.05) is 29.2 Å². The highest BCUT2D eigenvalue weighted by molar-refractivity contribution is 8.13. The summed E-state index contributed by atoms with van der Waals surface area (Å²) in [5, 5.41) is 0.00930. The summed E-state index contributed by atoms with van der Waals surface area (Å²) in [6.07, 6.45) is 12.5. The fourth-order valence-corrected chi connectivity index (χ4v) is 6.48. The van der Waals surface area contributed by atoms with Crippen molar-refractivity contribution in [1.29, 1.82) is 0 Å². The minimum atomic E-state index is -1.02. The molecule has 4 atom stereocenters. The lowest BCUT2D eigenvalue weighted by Gasteiger charge is -2.48. The summed E-state index contributed by atoms with van der Waals surface area (Å²) in [6, 6.07) is 7.46. The van der Waals surface area contributed by atoms with Crippen LogP contribution in [0.1, 0.15) is 69.8 Å². The van der Waals surface area contributed by atoms with Crippen molar-refractivity contribution in [3.8, 4) is 5.75 Å². The second-order valence-electron chi connectivity index (χ2n) is 9.88. The van der Waals surface area contributed by atoms with Crippen molar-refractivity contribution >= 4 is 23.0 Å². The van der Waals surface area contributed by atoms with Gasteiger partial charge in [0.05, 0.1) is 19.3 Å². The molecule has 0 N–H and O–H groups in total. The van der Waals surface area contributed by atoms with Crippen molar-refractivity contribution in [2.75, 3.05) is 20.0 Å². The van der Waals surface area contributed by atoms with Gasteiger partial charge in [-0.1, -0.05) is 42.5 Å². The highest BCUT2D eigenvalue weighted by atomic mass is 32.2. The maximum absolute atomic E-state index is 13.0. The molecule has 0 radical (unpaired) electrons. The third-order valence-electron chi connectivity index (χ3n) is 7.36. The number of amides is 1. The number of benzene rings is 1. The topological polar surface area (TPSA) is 74.3 Å². The highest BCUT2D eigenvalue weighted by Crippen LogP contribution is 2.43. The van der Waals surface area contributed by atoms with Gasteiger partial charge in [0.1, 0.15) is 11.9 Å². The second kappa shape index (κ2) is 13.0. The zero-order chi connectivity index (χ0) is 25.4. The van der Waals surface area contributed by atoms with Crippen molar-refractivity contribution in [3.63, 3.8) is 0 Å². The molecule has 3 aliphatic heterocycles. The lowest BCUT2D eigenvalue weighted by Crippen LogP contribution is -2.60. The number of hydrogen-bond donors (Lipinski definition) is 0. The fourth-order valence-electron chi connectivity index (χ4n) is 5.39. The third-order valence-corrected chi connectivity index (χ3v) is 8.32. The molecule has 198 valence electrons. The number of ether oxygens (including phenoxy) is 4. The van der Waals surface area contributed by atoms with E-state index in [9.17, 15) is 9.59 Å². The molecule has 0 saturated carbocycles. The van der Waals surface area contributed by atoms with E-state index in [2.05, 4.69) is 12.2 Å². The first-order valence-electron chi connectivity index (χ1n) is 13.2. The van der Waals surface area contributed by atoms with Crippen LogP contribution >= 0.6 is 11.8 Å². The van der Waals surface area contributed by atoms with Gasteiger partial charge in [-0.2, -0.15) is 0 Å². The minimum Gasteiger partial charge on any atom is -0.497 e. The maximum Gasteiger partial charge on any atom is 0.306 e. The van der Waals surface area contributed by atoms with Gasteiger partial charge in [0.2, 0.25) is 0 Å². The summed E-state index contributed by atoms with van der Waals surface area (Å²) in [7, 11) is 3.28. The summed E-state index contributed by atoms with van der Waals surface area (Å²) in [4.78, 5) is 27.5. The molecular formula is C28H39NO6S. The first-order chi connectivity index (χ1) is 17.5. The molecular weight excluding hydrogens is 478 g/mol. The Kier molecular flexibility index (Phi) is 9.73. The molecule has 8 heteroatoms. The Bertz CT molecular complexity index is 906. The van der Waals surface area contributed by atoms with Crippen LogP contribution in [0, 0.1) is 0 Å². The second-order valence-corrected chi connectivity index (χ2v) is 10.8. The number of rotatable bonds is 5. The quantitative estimate of drug-likeness (QED) is 0.358. The van der Waals surface area contributed by atoms with Gasteiger partial charge in [0.25, 0.3) is 5.24 Å². The smallest absolute Gasteiger partial charge is 0.306 e.